The molecule has 0 radical (unpaired) electrons. The van der Waals surface area contributed by atoms with Crippen molar-refractivity contribution in [2.24, 2.45) is 0 Å². The highest BCUT2D eigenvalue weighted by atomic mass is 32.1. The maximum Gasteiger partial charge on any atom is 0.171 e. The average Bonchev–Trinajstić information content (AvgIpc) is 2.18. The van der Waals surface area contributed by atoms with Gasteiger partial charge in [-0.3, -0.25) is 0 Å². The zero-order valence-corrected chi connectivity index (χ0v) is 9.48. The van der Waals surface area contributed by atoms with Gasteiger partial charge in [-0.05, 0) is 35.8 Å². The quantitative estimate of drug-likeness (QED) is 0.732. The van der Waals surface area contributed by atoms with Crippen LogP contribution in [0.25, 0.3) is 0 Å². The maximum absolute atomic E-state index is 4.98. The van der Waals surface area contributed by atoms with Crippen molar-refractivity contribution < 1.29 is 0 Å². The van der Waals surface area contributed by atoms with E-state index in [9.17, 15) is 0 Å². The summed E-state index contributed by atoms with van der Waals surface area (Å²) in [6.07, 6.45) is 1.79. The standard InChI is InChI=1S/C10H15N3S/c1-7(2)8-4-5-12-9(6-8)13-10(14)11-3/h4-7H,1-3H3,(H2,11,12,13,14). The lowest BCUT2D eigenvalue weighted by molar-refractivity contribution is 0.864. The molecule has 0 fully saturated rings. The van der Waals surface area contributed by atoms with E-state index < -0.39 is 0 Å². The summed E-state index contributed by atoms with van der Waals surface area (Å²) < 4.78 is 0. The molecule has 1 aromatic rings. The number of rotatable bonds is 2. The van der Waals surface area contributed by atoms with Crippen LogP contribution in [-0.4, -0.2) is 17.1 Å². The van der Waals surface area contributed by atoms with Crippen LogP contribution in [0.5, 0.6) is 0 Å². The van der Waals surface area contributed by atoms with Gasteiger partial charge in [0.15, 0.2) is 5.11 Å². The molecule has 0 aliphatic heterocycles. The molecule has 0 amide bonds. The van der Waals surface area contributed by atoms with Crippen LogP contribution in [0.1, 0.15) is 25.3 Å². The Balaban J connectivity index is 2.78. The summed E-state index contributed by atoms with van der Waals surface area (Å²) in [7, 11) is 1.78. The predicted octanol–water partition coefficient (Wildman–Crippen LogP) is 2.12. The third kappa shape index (κ3) is 2.96. The maximum atomic E-state index is 4.98. The molecule has 0 aliphatic rings. The number of nitrogens with one attached hydrogen (secondary N) is 2. The van der Waals surface area contributed by atoms with Crippen molar-refractivity contribution in [3.8, 4) is 0 Å². The first-order valence-corrected chi connectivity index (χ1v) is 4.99. The molecule has 0 atom stereocenters. The summed E-state index contributed by atoms with van der Waals surface area (Å²) in [6, 6.07) is 4.02. The normalized spacial score (nSPS) is 10.0. The van der Waals surface area contributed by atoms with E-state index >= 15 is 0 Å². The van der Waals surface area contributed by atoms with E-state index in [0.29, 0.717) is 11.0 Å². The highest BCUT2D eigenvalue weighted by Gasteiger charge is 2.01. The van der Waals surface area contributed by atoms with Crippen molar-refractivity contribution >= 4 is 23.1 Å². The van der Waals surface area contributed by atoms with Crippen LogP contribution in [0.2, 0.25) is 0 Å². The first-order chi connectivity index (χ1) is 6.63. The second-order valence-corrected chi connectivity index (χ2v) is 3.74. The van der Waals surface area contributed by atoms with Gasteiger partial charge in [-0.15, -0.1) is 0 Å². The van der Waals surface area contributed by atoms with E-state index in [4.69, 9.17) is 12.2 Å². The van der Waals surface area contributed by atoms with E-state index in [-0.39, 0.29) is 0 Å². The Morgan fingerprint density at radius 2 is 2.21 bits per heavy atom. The van der Waals surface area contributed by atoms with Gasteiger partial charge < -0.3 is 10.6 Å². The minimum Gasteiger partial charge on any atom is -0.365 e. The fourth-order valence-electron chi connectivity index (χ4n) is 1.05. The van der Waals surface area contributed by atoms with Crippen LogP contribution in [-0.2, 0) is 0 Å². The molecule has 0 aromatic carbocycles. The van der Waals surface area contributed by atoms with Gasteiger partial charge in [0, 0.05) is 13.2 Å². The van der Waals surface area contributed by atoms with Crippen molar-refractivity contribution in [2.45, 2.75) is 19.8 Å². The Kier molecular flexibility index (Phi) is 3.83. The van der Waals surface area contributed by atoms with Gasteiger partial charge in [0.2, 0.25) is 0 Å². The average molecular weight is 209 g/mol. The molecule has 1 rings (SSSR count). The van der Waals surface area contributed by atoms with Crippen LogP contribution >= 0.6 is 12.2 Å². The van der Waals surface area contributed by atoms with E-state index in [1.165, 1.54) is 5.56 Å². The summed E-state index contributed by atoms with van der Waals surface area (Å²) in [4.78, 5) is 4.17. The summed E-state index contributed by atoms with van der Waals surface area (Å²) in [5, 5.41) is 6.42. The number of hydrogen-bond donors (Lipinski definition) is 2. The molecular weight excluding hydrogens is 194 g/mol. The largest absolute Gasteiger partial charge is 0.365 e. The lowest BCUT2D eigenvalue weighted by Gasteiger charge is -2.09. The fourth-order valence-corrected chi connectivity index (χ4v) is 1.16. The summed E-state index contributed by atoms with van der Waals surface area (Å²) >= 11 is 4.98. The predicted molar refractivity (Wildman–Crippen MR) is 63.6 cm³/mol. The monoisotopic (exact) mass is 209 g/mol. The Morgan fingerprint density at radius 1 is 1.50 bits per heavy atom. The molecule has 14 heavy (non-hydrogen) atoms. The molecular formula is C10H15N3S. The van der Waals surface area contributed by atoms with Gasteiger partial charge in [-0.2, -0.15) is 0 Å². The highest BCUT2D eigenvalue weighted by Crippen LogP contribution is 2.16. The molecule has 0 spiro atoms. The first-order valence-electron chi connectivity index (χ1n) is 4.58. The minimum atomic E-state index is 0.502. The lowest BCUT2D eigenvalue weighted by Crippen LogP contribution is -2.24. The van der Waals surface area contributed by atoms with Crippen molar-refractivity contribution in [1.29, 1.82) is 0 Å². The zero-order valence-electron chi connectivity index (χ0n) is 8.66. The second kappa shape index (κ2) is 4.91. The number of pyridine rings is 1. The van der Waals surface area contributed by atoms with Crippen LogP contribution in [0.15, 0.2) is 18.3 Å². The number of hydrogen-bond acceptors (Lipinski definition) is 2. The van der Waals surface area contributed by atoms with Gasteiger partial charge >= 0.3 is 0 Å². The Bertz CT molecular complexity index is 323. The van der Waals surface area contributed by atoms with E-state index in [1.807, 2.05) is 12.1 Å². The third-order valence-electron chi connectivity index (χ3n) is 1.92. The molecule has 0 saturated carbocycles. The summed E-state index contributed by atoms with van der Waals surface area (Å²) in [6.45, 7) is 4.30. The zero-order chi connectivity index (χ0) is 10.6. The minimum absolute atomic E-state index is 0.502. The number of aromatic nitrogens is 1. The highest BCUT2D eigenvalue weighted by molar-refractivity contribution is 7.80. The van der Waals surface area contributed by atoms with E-state index in [0.717, 1.165) is 5.82 Å². The number of nitrogens with zero attached hydrogens (tertiary/aromatic N) is 1. The molecule has 1 heterocycles. The van der Waals surface area contributed by atoms with Gasteiger partial charge in [0.05, 0.1) is 0 Å². The molecule has 76 valence electrons. The topological polar surface area (TPSA) is 37.0 Å². The molecule has 3 nitrogen and oxygen atoms in total. The number of anilines is 1. The smallest absolute Gasteiger partial charge is 0.171 e. The molecule has 0 unspecified atom stereocenters. The first kappa shape index (κ1) is 10.9. The van der Waals surface area contributed by atoms with Crippen LogP contribution in [0.4, 0.5) is 5.82 Å². The molecule has 0 saturated heterocycles. The van der Waals surface area contributed by atoms with Crippen molar-refractivity contribution in [2.75, 3.05) is 12.4 Å². The SMILES string of the molecule is CNC(=S)Nc1cc(C(C)C)ccn1. The third-order valence-corrected chi connectivity index (χ3v) is 2.23. The van der Waals surface area contributed by atoms with Crippen molar-refractivity contribution in [3.63, 3.8) is 0 Å². The van der Waals surface area contributed by atoms with Gasteiger partial charge in [0.1, 0.15) is 5.82 Å². The lowest BCUT2D eigenvalue weighted by atomic mass is 10.1. The molecule has 1 aromatic heterocycles. The van der Waals surface area contributed by atoms with E-state index in [1.54, 1.807) is 13.2 Å². The fraction of sp³-hybridized carbons (Fsp3) is 0.400. The van der Waals surface area contributed by atoms with Crippen LogP contribution < -0.4 is 10.6 Å². The van der Waals surface area contributed by atoms with Crippen molar-refractivity contribution in [3.05, 3.63) is 23.9 Å². The van der Waals surface area contributed by atoms with Crippen molar-refractivity contribution in [1.82, 2.24) is 10.3 Å². The molecule has 0 aliphatic carbocycles. The summed E-state index contributed by atoms with van der Waals surface area (Å²) in [5.41, 5.74) is 1.25. The molecule has 0 bridgehead atoms. The van der Waals surface area contributed by atoms with Gasteiger partial charge in [-0.1, -0.05) is 13.8 Å². The Labute approximate surface area is 89.9 Å². The molecule has 4 heteroatoms. The molecule has 2 N–H and O–H groups in total. The van der Waals surface area contributed by atoms with Crippen LogP contribution in [0.3, 0.4) is 0 Å². The van der Waals surface area contributed by atoms with E-state index in [2.05, 4.69) is 29.5 Å². The summed E-state index contributed by atoms with van der Waals surface area (Å²) in [5.74, 6) is 1.29. The Hall–Kier alpha value is -1.16. The van der Waals surface area contributed by atoms with Gasteiger partial charge in [-0.25, -0.2) is 4.98 Å². The van der Waals surface area contributed by atoms with Gasteiger partial charge in [0.25, 0.3) is 0 Å². The second-order valence-electron chi connectivity index (χ2n) is 3.33. The van der Waals surface area contributed by atoms with Crippen LogP contribution in [0, 0.1) is 0 Å². The number of thiocarbonyl (C=S) groups is 1. The Morgan fingerprint density at radius 3 is 2.79 bits per heavy atom.